The van der Waals surface area contributed by atoms with Crippen molar-refractivity contribution in [1.29, 1.82) is 0 Å². The monoisotopic (exact) mass is 375 g/mol. The third kappa shape index (κ3) is 3.30. The minimum Gasteiger partial charge on any atom is -0.373 e. The SMILES string of the molecule is CCCOCc1nc(C2(c3ccccc3)CC2)nn1[C@H]1CCS(=O)(=O)C1. The first kappa shape index (κ1) is 17.7. The molecule has 2 aliphatic rings. The maximum absolute atomic E-state index is 11.9. The number of hydrogen-bond donors (Lipinski definition) is 0. The zero-order valence-electron chi connectivity index (χ0n) is 15.1. The van der Waals surface area contributed by atoms with Crippen molar-refractivity contribution in [2.45, 2.75) is 50.7 Å². The molecule has 1 aliphatic heterocycles. The molecule has 0 spiro atoms. The summed E-state index contributed by atoms with van der Waals surface area (Å²) in [5.74, 6) is 1.93. The van der Waals surface area contributed by atoms with Crippen molar-refractivity contribution in [2.75, 3.05) is 18.1 Å². The summed E-state index contributed by atoms with van der Waals surface area (Å²) in [7, 11) is -2.98. The third-order valence-electron chi connectivity index (χ3n) is 5.34. The molecule has 1 aromatic carbocycles. The topological polar surface area (TPSA) is 74.1 Å². The van der Waals surface area contributed by atoms with Gasteiger partial charge in [0.15, 0.2) is 21.5 Å². The van der Waals surface area contributed by atoms with Gasteiger partial charge in [0.1, 0.15) is 6.61 Å². The highest BCUT2D eigenvalue weighted by Crippen LogP contribution is 2.52. The second kappa shape index (κ2) is 6.78. The lowest BCUT2D eigenvalue weighted by Crippen LogP contribution is -2.17. The van der Waals surface area contributed by atoms with E-state index in [1.807, 2.05) is 22.9 Å². The highest BCUT2D eigenvalue weighted by Gasteiger charge is 2.50. The van der Waals surface area contributed by atoms with E-state index in [4.69, 9.17) is 14.8 Å². The van der Waals surface area contributed by atoms with Crippen LogP contribution in [0.5, 0.6) is 0 Å². The van der Waals surface area contributed by atoms with Gasteiger partial charge in [-0.15, -0.1) is 0 Å². The first-order valence-electron chi connectivity index (χ1n) is 9.34. The first-order valence-corrected chi connectivity index (χ1v) is 11.2. The molecule has 0 amide bonds. The minimum atomic E-state index is -2.98. The summed E-state index contributed by atoms with van der Waals surface area (Å²) in [6.07, 6.45) is 3.59. The van der Waals surface area contributed by atoms with E-state index < -0.39 is 9.84 Å². The fraction of sp³-hybridized carbons (Fsp3) is 0.579. The molecule has 1 aliphatic carbocycles. The van der Waals surface area contributed by atoms with Gasteiger partial charge in [-0.2, -0.15) is 5.10 Å². The molecule has 140 valence electrons. The van der Waals surface area contributed by atoms with Crippen molar-refractivity contribution in [3.05, 3.63) is 47.5 Å². The molecule has 0 bridgehead atoms. The highest BCUT2D eigenvalue weighted by atomic mass is 32.2. The Bertz CT molecular complexity index is 873. The molecule has 1 saturated carbocycles. The van der Waals surface area contributed by atoms with Crippen LogP contribution >= 0.6 is 0 Å². The normalized spacial score (nSPS) is 23.2. The van der Waals surface area contributed by atoms with Crippen LogP contribution in [0.15, 0.2) is 30.3 Å². The van der Waals surface area contributed by atoms with Gasteiger partial charge in [-0.05, 0) is 31.2 Å². The summed E-state index contributed by atoms with van der Waals surface area (Å²) in [6.45, 7) is 3.10. The van der Waals surface area contributed by atoms with Gasteiger partial charge in [-0.1, -0.05) is 37.3 Å². The lowest BCUT2D eigenvalue weighted by Gasteiger charge is -2.12. The second-order valence-electron chi connectivity index (χ2n) is 7.35. The highest BCUT2D eigenvalue weighted by molar-refractivity contribution is 7.91. The van der Waals surface area contributed by atoms with E-state index >= 15 is 0 Å². The summed E-state index contributed by atoms with van der Waals surface area (Å²) in [5.41, 5.74) is 1.11. The minimum absolute atomic E-state index is 0.122. The molecule has 1 saturated heterocycles. The molecule has 7 heteroatoms. The average molecular weight is 375 g/mol. The summed E-state index contributed by atoms with van der Waals surface area (Å²) >= 11 is 0. The molecule has 4 rings (SSSR count). The summed E-state index contributed by atoms with van der Waals surface area (Å²) < 4.78 is 31.4. The molecule has 0 unspecified atom stereocenters. The number of benzene rings is 1. The first-order chi connectivity index (χ1) is 12.5. The molecule has 2 fully saturated rings. The lowest BCUT2D eigenvalue weighted by molar-refractivity contribution is 0.111. The van der Waals surface area contributed by atoms with Crippen LogP contribution in [0.2, 0.25) is 0 Å². The van der Waals surface area contributed by atoms with E-state index in [-0.39, 0.29) is 23.0 Å². The van der Waals surface area contributed by atoms with Gasteiger partial charge < -0.3 is 4.74 Å². The van der Waals surface area contributed by atoms with Gasteiger partial charge in [-0.3, -0.25) is 0 Å². The van der Waals surface area contributed by atoms with Crippen molar-refractivity contribution in [3.63, 3.8) is 0 Å². The Morgan fingerprint density at radius 1 is 1.27 bits per heavy atom. The third-order valence-corrected chi connectivity index (χ3v) is 7.09. The Morgan fingerprint density at radius 3 is 2.65 bits per heavy atom. The Hall–Kier alpha value is -1.73. The van der Waals surface area contributed by atoms with Gasteiger partial charge in [0.25, 0.3) is 0 Å². The Morgan fingerprint density at radius 2 is 2.04 bits per heavy atom. The van der Waals surface area contributed by atoms with E-state index in [1.165, 1.54) is 5.56 Å². The van der Waals surface area contributed by atoms with E-state index in [2.05, 4.69) is 19.1 Å². The van der Waals surface area contributed by atoms with Gasteiger partial charge in [-0.25, -0.2) is 18.1 Å². The number of nitrogens with zero attached hydrogens (tertiary/aromatic N) is 3. The van der Waals surface area contributed by atoms with Crippen LogP contribution in [0.4, 0.5) is 0 Å². The molecule has 2 heterocycles. The van der Waals surface area contributed by atoms with Crippen LogP contribution in [-0.4, -0.2) is 41.3 Å². The Balaban J connectivity index is 1.67. The van der Waals surface area contributed by atoms with Crippen LogP contribution in [0.1, 0.15) is 55.9 Å². The average Bonchev–Trinajstić information content (AvgIpc) is 3.21. The van der Waals surface area contributed by atoms with Crippen LogP contribution in [0, 0.1) is 0 Å². The maximum atomic E-state index is 11.9. The van der Waals surface area contributed by atoms with Crippen LogP contribution in [0.25, 0.3) is 0 Å². The standard InChI is InChI=1S/C19H25N3O3S/c1-2-11-25-13-17-20-18(19(9-10-19)15-6-4-3-5-7-15)21-22(17)16-8-12-26(23,24)14-16/h3-7,16H,2,8-14H2,1H3/t16-/m0/s1. The fourth-order valence-electron chi connectivity index (χ4n) is 3.75. The predicted octanol–water partition coefficient (Wildman–Crippen LogP) is 2.64. The Labute approximate surface area is 154 Å². The van der Waals surface area contributed by atoms with E-state index in [0.717, 1.165) is 30.9 Å². The van der Waals surface area contributed by atoms with Gasteiger partial charge in [0.05, 0.1) is 23.0 Å². The molecule has 1 aromatic heterocycles. The second-order valence-corrected chi connectivity index (χ2v) is 9.58. The van der Waals surface area contributed by atoms with Crippen LogP contribution < -0.4 is 0 Å². The zero-order chi connectivity index (χ0) is 18.2. The maximum Gasteiger partial charge on any atom is 0.161 e. The van der Waals surface area contributed by atoms with Crippen molar-refractivity contribution in [1.82, 2.24) is 14.8 Å². The summed E-state index contributed by atoms with van der Waals surface area (Å²) in [4.78, 5) is 4.82. The van der Waals surface area contributed by atoms with Crippen molar-refractivity contribution in [3.8, 4) is 0 Å². The smallest absolute Gasteiger partial charge is 0.161 e. The molecule has 0 radical (unpaired) electrons. The number of sulfone groups is 1. The molecule has 0 N–H and O–H groups in total. The molecule has 6 nitrogen and oxygen atoms in total. The summed E-state index contributed by atoms with van der Waals surface area (Å²) in [6, 6.07) is 10.2. The molecule has 1 atom stereocenters. The van der Waals surface area contributed by atoms with Crippen molar-refractivity contribution >= 4 is 9.84 Å². The largest absolute Gasteiger partial charge is 0.373 e. The fourth-order valence-corrected chi connectivity index (χ4v) is 5.44. The van der Waals surface area contributed by atoms with Gasteiger partial charge in [0.2, 0.25) is 0 Å². The van der Waals surface area contributed by atoms with Crippen molar-refractivity contribution in [2.24, 2.45) is 0 Å². The number of aromatic nitrogens is 3. The molecular weight excluding hydrogens is 350 g/mol. The van der Waals surface area contributed by atoms with Gasteiger partial charge in [0, 0.05) is 6.61 Å². The predicted molar refractivity (Wildman–Crippen MR) is 98.7 cm³/mol. The van der Waals surface area contributed by atoms with Crippen LogP contribution in [0.3, 0.4) is 0 Å². The van der Waals surface area contributed by atoms with E-state index in [9.17, 15) is 8.42 Å². The summed E-state index contributed by atoms with van der Waals surface area (Å²) in [5, 5.41) is 4.81. The number of rotatable bonds is 7. The lowest BCUT2D eigenvalue weighted by atomic mass is 9.95. The number of hydrogen-bond acceptors (Lipinski definition) is 5. The van der Waals surface area contributed by atoms with E-state index in [0.29, 0.717) is 19.6 Å². The van der Waals surface area contributed by atoms with E-state index in [1.54, 1.807) is 0 Å². The van der Waals surface area contributed by atoms with Crippen LogP contribution in [-0.2, 0) is 26.6 Å². The molecule has 26 heavy (non-hydrogen) atoms. The van der Waals surface area contributed by atoms with Crippen molar-refractivity contribution < 1.29 is 13.2 Å². The van der Waals surface area contributed by atoms with Gasteiger partial charge >= 0.3 is 0 Å². The molecule has 2 aromatic rings. The number of ether oxygens (including phenoxy) is 1. The molecular formula is C19H25N3O3S. The quantitative estimate of drug-likeness (QED) is 0.696. The zero-order valence-corrected chi connectivity index (χ0v) is 15.9. The Kier molecular flexibility index (Phi) is 4.61.